The Bertz CT molecular complexity index is 549. The molecule has 2 aromatic carbocycles. The maximum atomic E-state index is 5.55. The summed E-state index contributed by atoms with van der Waals surface area (Å²) in [5, 5.41) is 3.15. The molecule has 2 aromatic rings. The number of hydrogen-bond acceptors (Lipinski definition) is 3. The van der Waals surface area contributed by atoms with Crippen molar-refractivity contribution in [2.45, 2.75) is 6.61 Å². The second-order valence-corrected chi connectivity index (χ2v) is 3.83. The van der Waals surface area contributed by atoms with E-state index in [1.54, 1.807) is 0 Å². The SMILES string of the molecule is c1ccc(NC2=Nc3ccccc3CO2)cc1. The highest BCUT2D eigenvalue weighted by Crippen LogP contribution is 2.24. The third kappa shape index (κ3) is 2.13. The fourth-order valence-electron chi connectivity index (χ4n) is 1.74. The molecule has 0 saturated heterocycles. The van der Waals surface area contributed by atoms with Crippen LogP contribution >= 0.6 is 0 Å². The molecule has 0 bridgehead atoms. The molecule has 1 N–H and O–H groups in total. The highest BCUT2D eigenvalue weighted by molar-refractivity contribution is 5.91. The zero-order valence-electron chi connectivity index (χ0n) is 9.26. The van der Waals surface area contributed by atoms with Crippen LogP contribution in [0.15, 0.2) is 59.6 Å². The maximum Gasteiger partial charge on any atom is 0.294 e. The first-order chi connectivity index (χ1) is 8.42. The predicted octanol–water partition coefficient (Wildman–Crippen LogP) is 3.32. The molecule has 0 aromatic heterocycles. The lowest BCUT2D eigenvalue weighted by atomic mass is 10.2. The summed E-state index contributed by atoms with van der Waals surface area (Å²) < 4.78 is 5.55. The van der Waals surface area contributed by atoms with Crippen LogP contribution in [0.25, 0.3) is 0 Å². The number of amidine groups is 1. The van der Waals surface area contributed by atoms with Gasteiger partial charge in [-0.05, 0) is 18.2 Å². The first kappa shape index (κ1) is 9.90. The second kappa shape index (κ2) is 4.29. The molecule has 3 rings (SSSR count). The average molecular weight is 224 g/mol. The van der Waals surface area contributed by atoms with Crippen molar-refractivity contribution in [2.75, 3.05) is 5.32 Å². The minimum atomic E-state index is 0.551. The lowest BCUT2D eigenvalue weighted by Gasteiger charge is -2.17. The first-order valence-corrected chi connectivity index (χ1v) is 5.53. The van der Waals surface area contributed by atoms with Crippen LogP contribution in [0.2, 0.25) is 0 Å². The van der Waals surface area contributed by atoms with Crippen molar-refractivity contribution in [2.24, 2.45) is 4.99 Å². The summed E-state index contributed by atoms with van der Waals surface area (Å²) in [7, 11) is 0. The van der Waals surface area contributed by atoms with Gasteiger partial charge in [0.1, 0.15) is 6.61 Å². The summed E-state index contributed by atoms with van der Waals surface area (Å²) in [4.78, 5) is 4.42. The number of hydrogen-bond donors (Lipinski definition) is 1. The molecule has 1 aliphatic rings. The number of rotatable bonds is 1. The third-order valence-electron chi connectivity index (χ3n) is 2.60. The minimum Gasteiger partial charge on any atom is -0.460 e. The fraction of sp³-hybridized carbons (Fsp3) is 0.0714. The zero-order chi connectivity index (χ0) is 11.5. The number of nitrogens with zero attached hydrogens (tertiary/aromatic N) is 1. The minimum absolute atomic E-state index is 0.551. The van der Waals surface area contributed by atoms with Gasteiger partial charge in [0.25, 0.3) is 6.02 Å². The van der Waals surface area contributed by atoms with Gasteiger partial charge in [-0.2, -0.15) is 4.99 Å². The molecule has 0 atom stereocenters. The quantitative estimate of drug-likeness (QED) is 0.806. The van der Waals surface area contributed by atoms with E-state index in [4.69, 9.17) is 4.74 Å². The average Bonchev–Trinajstić information content (AvgIpc) is 2.40. The predicted molar refractivity (Wildman–Crippen MR) is 68.4 cm³/mol. The Labute approximate surface area is 99.8 Å². The Kier molecular flexibility index (Phi) is 2.50. The van der Waals surface area contributed by atoms with Crippen LogP contribution in [0, 0.1) is 0 Å². The summed E-state index contributed by atoms with van der Waals surface area (Å²) in [6, 6.07) is 18.4. The van der Waals surface area contributed by atoms with E-state index in [1.165, 1.54) is 0 Å². The number of anilines is 1. The largest absolute Gasteiger partial charge is 0.460 e. The molecule has 0 spiro atoms. The van der Waals surface area contributed by atoms with Crippen molar-refractivity contribution in [3.8, 4) is 0 Å². The van der Waals surface area contributed by atoms with Crippen LogP contribution in [0.4, 0.5) is 11.4 Å². The number of fused-ring (bicyclic) bond motifs is 1. The highest BCUT2D eigenvalue weighted by Gasteiger charge is 2.11. The Morgan fingerprint density at radius 2 is 1.71 bits per heavy atom. The van der Waals surface area contributed by atoms with E-state index >= 15 is 0 Å². The Hall–Kier alpha value is -2.29. The number of benzene rings is 2. The summed E-state index contributed by atoms with van der Waals surface area (Å²) >= 11 is 0. The molecule has 0 unspecified atom stereocenters. The van der Waals surface area contributed by atoms with Gasteiger partial charge in [-0.1, -0.05) is 36.4 Å². The van der Waals surface area contributed by atoms with Crippen molar-refractivity contribution in [3.05, 3.63) is 60.2 Å². The van der Waals surface area contributed by atoms with Gasteiger partial charge in [0.05, 0.1) is 5.69 Å². The smallest absolute Gasteiger partial charge is 0.294 e. The molecule has 0 fully saturated rings. The molecule has 84 valence electrons. The normalized spacial score (nSPS) is 13.3. The van der Waals surface area contributed by atoms with Crippen LogP contribution < -0.4 is 5.32 Å². The molecule has 0 saturated carbocycles. The Morgan fingerprint density at radius 1 is 0.941 bits per heavy atom. The molecule has 0 radical (unpaired) electrons. The summed E-state index contributed by atoms with van der Waals surface area (Å²) in [6.07, 6.45) is 0. The van der Waals surface area contributed by atoms with Gasteiger partial charge < -0.3 is 10.1 Å². The van der Waals surface area contributed by atoms with E-state index in [0.29, 0.717) is 12.6 Å². The zero-order valence-corrected chi connectivity index (χ0v) is 9.26. The van der Waals surface area contributed by atoms with Crippen LogP contribution in [-0.4, -0.2) is 6.02 Å². The van der Waals surface area contributed by atoms with E-state index in [2.05, 4.69) is 10.3 Å². The number of nitrogens with one attached hydrogen (secondary N) is 1. The Balaban J connectivity index is 1.85. The second-order valence-electron chi connectivity index (χ2n) is 3.83. The van der Waals surface area contributed by atoms with Gasteiger partial charge in [-0.3, -0.25) is 0 Å². The van der Waals surface area contributed by atoms with E-state index in [9.17, 15) is 0 Å². The lowest BCUT2D eigenvalue weighted by molar-refractivity contribution is 0.286. The molecule has 17 heavy (non-hydrogen) atoms. The van der Waals surface area contributed by atoms with E-state index in [0.717, 1.165) is 16.9 Å². The van der Waals surface area contributed by atoms with Gasteiger partial charge in [-0.15, -0.1) is 0 Å². The van der Waals surface area contributed by atoms with E-state index < -0.39 is 0 Å². The molecule has 3 heteroatoms. The molecule has 0 aliphatic carbocycles. The van der Waals surface area contributed by atoms with Gasteiger partial charge in [0.15, 0.2) is 0 Å². The van der Waals surface area contributed by atoms with Crippen molar-refractivity contribution in [3.63, 3.8) is 0 Å². The van der Waals surface area contributed by atoms with Crippen LogP contribution in [0.3, 0.4) is 0 Å². The van der Waals surface area contributed by atoms with Crippen molar-refractivity contribution >= 4 is 17.4 Å². The van der Waals surface area contributed by atoms with Gasteiger partial charge in [0, 0.05) is 11.3 Å². The number of aliphatic imine (C=N–C) groups is 1. The fourth-order valence-corrected chi connectivity index (χ4v) is 1.74. The van der Waals surface area contributed by atoms with Gasteiger partial charge >= 0.3 is 0 Å². The third-order valence-corrected chi connectivity index (χ3v) is 2.60. The topological polar surface area (TPSA) is 33.6 Å². The summed E-state index contributed by atoms with van der Waals surface area (Å²) in [6.45, 7) is 0.564. The van der Waals surface area contributed by atoms with Gasteiger partial charge in [0.2, 0.25) is 0 Å². The Morgan fingerprint density at radius 3 is 2.59 bits per heavy atom. The van der Waals surface area contributed by atoms with E-state index in [1.807, 2.05) is 54.6 Å². The van der Waals surface area contributed by atoms with Crippen molar-refractivity contribution in [1.29, 1.82) is 0 Å². The molecule has 1 aliphatic heterocycles. The van der Waals surface area contributed by atoms with Gasteiger partial charge in [-0.25, -0.2) is 0 Å². The first-order valence-electron chi connectivity index (χ1n) is 5.53. The highest BCUT2D eigenvalue weighted by atomic mass is 16.5. The van der Waals surface area contributed by atoms with E-state index in [-0.39, 0.29) is 0 Å². The maximum absolute atomic E-state index is 5.55. The molecular weight excluding hydrogens is 212 g/mol. The summed E-state index contributed by atoms with van der Waals surface area (Å²) in [5.41, 5.74) is 3.06. The van der Waals surface area contributed by atoms with Crippen molar-refractivity contribution < 1.29 is 4.74 Å². The number of para-hydroxylation sites is 2. The molecule has 1 heterocycles. The van der Waals surface area contributed by atoms with Crippen molar-refractivity contribution in [1.82, 2.24) is 0 Å². The van der Waals surface area contributed by atoms with Crippen LogP contribution in [-0.2, 0) is 11.3 Å². The molecule has 0 amide bonds. The monoisotopic (exact) mass is 224 g/mol. The molecular formula is C14H12N2O. The van der Waals surface area contributed by atoms with Crippen LogP contribution in [0.5, 0.6) is 0 Å². The van der Waals surface area contributed by atoms with Crippen LogP contribution in [0.1, 0.15) is 5.56 Å². The number of ether oxygens (including phenoxy) is 1. The standard InChI is InChI=1S/C14H12N2O/c1-2-7-12(8-3-1)15-14-16-13-9-5-4-6-11(13)10-17-14/h1-9H,10H2,(H,15,16). The molecule has 3 nitrogen and oxygen atoms in total. The lowest BCUT2D eigenvalue weighted by Crippen LogP contribution is -2.18. The summed E-state index contributed by atoms with van der Waals surface area (Å²) in [5.74, 6) is 0.